The molecule has 0 bridgehead atoms. The molecule has 3 aromatic carbocycles. The number of aliphatic imine (C=N–C) groups is 1. The Morgan fingerprint density at radius 1 is 1.05 bits per heavy atom. The zero-order valence-corrected chi connectivity index (χ0v) is 12.4. The van der Waals surface area contributed by atoms with Crippen molar-refractivity contribution in [2.45, 2.75) is 6.92 Å². The minimum atomic E-state index is 0.162. The van der Waals surface area contributed by atoms with Crippen LogP contribution in [0.2, 0.25) is 0 Å². The van der Waals surface area contributed by atoms with Gasteiger partial charge >= 0.3 is 0 Å². The summed E-state index contributed by atoms with van der Waals surface area (Å²) in [5.74, 6) is 0.817. The molecular formula is C19H17NO2. The molecule has 3 rings (SSSR count). The maximum Gasteiger partial charge on any atom is 0.128 e. The van der Waals surface area contributed by atoms with Crippen LogP contribution in [-0.2, 0) is 0 Å². The maximum absolute atomic E-state index is 10.0. The Bertz CT molecular complexity index is 819. The first-order chi connectivity index (χ1) is 10.8. The van der Waals surface area contributed by atoms with E-state index in [0.717, 1.165) is 16.5 Å². The summed E-state index contributed by atoms with van der Waals surface area (Å²) in [5, 5.41) is 12.3. The van der Waals surface area contributed by atoms with Crippen LogP contribution in [0.4, 0.5) is 5.69 Å². The van der Waals surface area contributed by atoms with Crippen molar-refractivity contribution in [3.05, 3.63) is 66.2 Å². The molecule has 0 spiro atoms. The van der Waals surface area contributed by atoms with Gasteiger partial charge in [-0.05, 0) is 30.5 Å². The Kier molecular flexibility index (Phi) is 4.05. The molecule has 0 radical (unpaired) electrons. The molecule has 0 aromatic heterocycles. The number of benzene rings is 3. The quantitative estimate of drug-likeness (QED) is 0.708. The lowest BCUT2D eigenvalue weighted by Crippen LogP contribution is -1.92. The fourth-order valence-corrected chi connectivity index (χ4v) is 2.35. The third-order valence-electron chi connectivity index (χ3n) is 3.42. The highest BCUT2D eigenvalue weighted by molar-refractivity contribution is 5.95. The molecule has 110 valence electrons. The van der Waals surface area contributed by atoms with Gasteiger partial charge in [-0.1, -0.05) is 36.4 Å². The molecule has 3 aromatic rings. The molecule has 0 saturated heterocycles. The van der Waals surface area contributed by atoms with Gasteiger partial charge in [0.1, 0.15) is 11.5 Å². The van der Waals surface area contributed by atoms with E-state index in [1.165, 1.54) is 0 Å². The van der Waals surface area contributed by atoms with Gasteiger partial charge in [-0.25, -0.2) is 0 Å². The van der Waals surface area contributed by atoms with Crippen LogP contribution < -0.4 is 4.74 Å². The third-order valence-corrected chi connectivity index (χ3v) is 3.42. The number of fused-ring (bicyclic) bond motifs is 1. The summed E-state index contributed by atoms with van der Waals surface area (Å²) in [6, 6.07) is 19.3. The van der Waals surface area contributed by atoms with E-state index >= 15 is 0 Å². The Morgan fingerprint density at radius 3 is 2.68 bits per heavy atom. The predicted molar refractivity (Wildman–Crippen MR) is 90.5 cm³/mol. The second-order valence-corrected chi connectivity index (χ2v) is 4.91. The molecule has 0 unspecified atom stereocenters. The van der Waals surface area contributed by atoms with E-state index in [-0.39, 0.29) is 5.75 Å². The van der Waals surface area contributed by atoms with E-state index in [9.17, 15) is 5.11 Å². The van der Waals surface area contributed by atoms with Gasteiger partial charge in [0.05, 0.1) is 12.3 Å². The summed E-state index contributed by atoms with van der Waals surface area (Å²) in [4.78, 5) is 4.52. The molecule has 0 atom stereocenters. The van der Waals surface area contributed by atoms with Gasteiger partial charge in [-0.2, -0.15) is 0 Å². The van der Waals surface area contributed by atoms with E-state index in [0.29, 0.717) is 17.9 Å². The molecule has 0 aliphatic heterocycles. The number of ether oxygens (including phenoxy) is 1. The second-order valence-electron chi connectivity index (χ2n) is 4.91. The number of rotatable bonds is 4. The lowest BCUT2D eigenvalue weighted by Gasteiger charge is -2.05. The standard InChI is InChI=1S/C19H17NO2/c1-2-22-16-11-10-15(19(21)12-16)13-20-18-9-5-7-14-6-3-4-8-17(14)18/h3-13,21H,2H2,1H3. The smallest absolute Gasteiger partial charge is 0.128 e. The molecule has 3 nitrogen and oxygen atoms in total. The maximum atomic E-state index is 10.0. The fourth-order valence-electron chi connectivity index (χ4n) is 2.35. The average Bonchev–Trinajstić information content (AvgIpc) is 2.54. The van der Waals surface area contributed by atoms with Crippen molar-refractivity contribution in [3.63, 3.8) is 0 Å². The SMILES string of the molecule is CCOc1ccc(C=Nc2cccc3ccccc23)c(O)c1. The topological polar surface area (TPSA) is 41.8 Å². The number of hydrogen-bond donors (Lipinski definition) is 1. The third kappa shape index (κ3) is 2.93. The Labute approximate surface area is 129 Å². The molecule has 0 saturated carbocycles. The highest BCUT2D eigenvalue weighted by Gasteiger charge is 2.02. The summed E-state index contributed by atoms with van der Waals surface area (Å²) in [6.07, 6.45) is 1.67. The number of nitrogens with zero attached hydrogens (tertiary/aromatic N) is 1. The van der Waals surface area contributed by atoms with Crippen LogP contribution in [0.25, 0.3) is 10.8 Å². The minimum absolute atomic E-state index is 0.162. The van der Waals surface area contributed by atoms with Gasteiger partial charge in [-0.3, -0.25) is 4.99 Å². The van der Waals surface area contributed by atoms with Crippen LogP contribution in [0.3, 0.4) is 0 Å². The second kappa shape index (κ2) is 6.31. The van der Waals surface area contributed by atoms with E-state index in [2.05, 4.69) is 17.1 Å². The molecule has 1 N–H and O–H groups in total. The molecule has 0 heterocycles. The zero-order valence-electron chi connectivity index (χ0n) is 12.4. The first kappa shape index (κ1) is 14.1. The van der Waals surface area contributed by atoms with Crippen molar-refractivity contribution < 1.29 is 9.84 Å². The van der Waals surface area contributed by atoms with Crippen LogP contribution >= 0.6 is 0 Å². The summed E-state index contributed by atoms with van der Waals surface area (Å²) in [7, 11) is 0. The lowest BCUT2D eigenvalue weighted by molar-refractivity contribution is 0.337. The molecule has 3 heteroatoms. The van der Waals surface area contributed by atoms with Gasteiger partial charge in [0.25, 0.3) is 0 Å². The molecule has 0 aliphatic carbocycles. The van der Waals surface area contributed by atoms with Crippen LogP contribution in [0.5, 0.6) is 11.5 Å². The number of phenols is 1. The van der Waals surface area contributed by atoms with Crippen LogP contribution in [0.1, 0.15) is 12.5 Å². The Hall–Kier alpha value is -2.81. The number of hydrogen-bond acceptors (Lipinski definition) is 3. The van der Waals surface area contributed by atoms with Gasteiger partial charge < -0.3 is 9.84 Å². The van der Waals surface area contributed by atoms with E-state index in [1.54, 1.807) is 18.3 Å². The molecule has 22 heavy (non-hydrogen) atoms. The Morgan fingerprint density at radius 2 is 1.86 bits per heavy atom. The van der Waals surface area contributed by atoms with Crippen molar-refractivity contribution in [1.29, 1.82) is 0 Å². The fraction of sp³-hybridized carbons (Fsp3) is 0.105. The van der Waals surface area contributed by atoms with Gasteiger partial charge in [0.15, 0.2) is 0 Å². The molecule has 0 amide bonds. The van der Waals surface area contributed by atoms with Gasteiger partial charge in [-0.15, -0.1) is 0 Å². The summed E-state index contributed by atoms with van der Waals surface area (Å²) in [5.41, 5.74) is 1.54. The summed E-state index contributed by atoms with van der Waals surface area (Å²) in [6.45, 7) is 2.48. The lowest BCUT2D eigenvalue weighted by atomic mass is 10.1. The first-order valence-corrected chi connectivity index (χ1v) is 7.25. The molecular weight excluding hydrogens is 274 g/mol. The van der Waals surface area contributed by atoms with E-state index in [4.69, 9.17) is 4.74 Å². The Balaban J connectivity index is 1.93. The minimum Gasteiger partial charge on any atom is -0.507 e. The van der Waals surface area contributed by atoms with Crippen molar-refractivity contribution in [1.82, 2.24) is 0 Å². The largest absolute Gasteiger partial charge is 0.507 e. The van der Waals surface area contributed by atoms with Crippen LogP contribution in [0, 0.1) is 0 Å². The molecule has 0 fully saturated rings. The predicted octanol–water partition coefficient (Wildman–Crippen LogP) is 4.69. The highest BCUT2D eigenvalue weighted by atomic mass is 16.5. The van der Waals surface area contributed by atoms with Crippen molar-refractivity contribution in [2.24, 2.45) is 4.99 Å². The van der Waals surface area contributed by atoms with Crippen molar-refractivity contribution in [3.8, 4) is 11.5 Å². The summed E-state index contributed by atoms with van der Waals surface area (Å²) < 4.78 is 5.36. The van der Waals surface area contributed by atoms with Gasteiger partial charge in [0, 0.05) is 23.2 Å². The van der Waals surface area contributed by atoms with Crippen LogP contribution in [0.15, 0.2) is 65.7 Å². The van der Waals surface area contributed by atoms with E-state index < -0.39 is 0 Å². The van der Waals surface area contributed by atoms with Crippen LogP contribution in [-0.4, -0.2) is 17.9 Å². The zero-order chi connectivity index (χ0) is 15.4. The average molecular weight is 291 g/mol. The van der Waals surface area contributed by atoms with Crippen molar-refractivity contribution in [2.75, 3.05) is 6.61 Å². The number of aromatic hydroxyl groups is 1. The summed E-state index contributed by atoms with van der Waals surface area (Å²) >= 11 is 0. The normalized spacial score (nSPS) is 11.1. The molecule has 0 aliphatic rings. The van der Waals surface area contributed by atoms with E-state index in [1.807, 2.05) is 43.3 Å². The van der Waals surface area contributed by atoms with Gasteiger partial charge in [0.2, 0.25) is 0 Å². The highest BCUT2D eigenvalue weighted by Crippen LogP contribution is 2.27. The number of phenolic OH excluding ortho intramolecular Hbond substituents is 1. The monoisotopic (exact) mass is 291 g/mol. The van der Waals surface area contributed by atoms with Crippen molar-refractivity contribution >= 4 is 22.7 Å². The first-order valence-electron chi connectivity index (χ1n) is 7.25.